The van der Waals surface area contributed by atoms with Gasteiger partial charge in [0, 0.05) is 24.1 Å². The molecule has 2 aromatic rings. The van der Waals surface area contributed by atoms with Gasteiger partial charge in [0.2, 0.25) is 5.91 Å². The molecular weight excluding hydrogens is 320 g/mol. The summed E-state index contributed by atoms with van der Waals surface area (Å²) in [6.07, 6.45) is 2.00. The lowest BCUT2D eigenvalue weighted by molar-refractivity contribution is -0.124. The number of hydrogen-bond donors (Lipinski definition) is 1. The van der Waals surface area contributed by atoms with Gasteiger partial charge < -0.3 is 10.1 Å². The van der Waals surface area contributed by atoms with Gasteiger partial charge in [-0.25, -0.2) is 9.48 Å². The quantitative estimate of drug-likeness (QED) is 0.831. The van der Waals surface area contributed by atoms with E-state index in [1.165, 1.54) is 4.68 Å². The van der Waals surface area contributed by atoms with E-state index in [-0.39, 0.29) is 23.6 Å². The number of carbonyl (C=O) groups excluding carboxylic acids is 1. The number of aromatic nitrogens is 3. The number of nitrogens with one attached hydrogen (secondary N) is 1. The van der Waals surface area contributed by atoms with Crippen LogP contribution < -0.4 is 15.7 Å². The van der Waals surface area contributed by atoms with Crippen molar-refractivity contribution in [3.8, 4) is 17.1 Å². The predicted octanol–water partition coefficient (Wildman–Crippen LogP) is 1.83. The SMILES string of the molecule is COc1ccc(-c2nn(CCNC(=O)C(C)C)c(=O)n2C2CC2)cc1. The van der Waals surface area contributed by atoms with E-state index < -0.39 is 0 Å². The minimum Gasteiger partial charge on any atom is -0.497 e. The highest BCUT2D eigenvalue weighted by atomic mass is 16.5. The second-order valence-electron chi connectivity index (χ2n) is 6.60. The summed E-state index contributed by atoms with van der Waals surface area (Å²) < 4.78 is 8.40. The van der Waals surface area contributed by atoms with Gasteiger partial charge in [-0.15, -0.1) is 5.10 Å². The van der Waals surface area contributed by atoms with Gasteiger partial charge in [-0.1, -0.05) is 13.8 Å². The van der Waals surface area contributed by atoms with Gasteiger partial charge >= 0.3 is 5.69 Å². The van der Waals surface area contributed by atoms with E-state index in [2.05, 4.69) is 10.4 Å². The summed E-state index contributed by atoms with van der Waals surface area (Å²) >= 11 is 0. The Labute approximate surface area is 146 Å². The average Bonchev–Trinajstić information content (AvgIpc) is 3.39. The molecule has 1 amide bonds. The highest BCUT2D eigenvalue weighted by Gasteiger charge is 2.30. The van der Waals surface area contributed by atoms with E-state index in [4.69, 9.17) is 4.74 Å². The number of methoxy groups -OCH3 is 1. The topological polar surface area (TPSA) is 78.2 Å². The number of amides is 1. The van der Waals surface area contributed by atoms with Crippen LogP contribution in [-0.2, 0) is 11.3 Å². The lowest BCUT2D eigenvalue weighted by atomic mass is 10.2. The first-order chi connectivity index (χ1) is 12.0. The molecule has 1 aromatic carbocycles. The zero-order valence-corrected chi connectivity index (χ0v) is 14.9. The van der Waals surface area contributed by atoms with Crippen molar-refractivity contribution in [1.82, 2.24) is 19.7 Å². The molecule has 1 saturated carbocycles. The van der Waals surface area contributed by atoms with E-state index in [0.29, 0.717) is 18.9 Å². The van der Waals surface area contributed by atoms with Gasteiger partial charge in [-0.05, 0) is 37.1 Å². The van der Waals surface area contributed by atoms with Gasteiger partial charge in [0.25, 0.3) is 0 Å². The van der Waals surface area contributed by atoms with E-state index in [1.807, 2.05) is 38.1 Å². The highest BCUT2D eigenvalue weighted by Crippen LogP contribution is 2.36. The van der Waals surface area contributed by atoms with Gasteiger partial charge in [-0.3, -0.25) is 9.36 Å². The third-order valence-corrected chi connectivity index (χ3v) is 4.28. The summed E-state index contributed by atoms with van der Waals surface area (Å²) in [4.78, 5) is 24.4. The van der Waals surface area contributed by atoms with Crippen molar-refractivity contribution in [3.63, 3.8) is 0 Å². The number of nitrogens with zero attached hydrogens (tertiary/aromatic N) is 3. The Bertz CT molecular complexity index is 801. The summed E-state index contributed by atoms with van der Waals surface area (Å²) in [5, 5.41) is 7.34. The van der Waals surface area contributed by atoms with Crippen LogP contribution in [0.5, 0.6) is 5.75 Å². The summed E-state index contributed by atoms with van der Waals surface area (Å²) in [6, 6.07) is 7.76. The van der Waals surface area contributed by atoms with Crippen LogP contribution in [0.25, 0.3) is 11.4 Å². The largest absolute Gasteiger partial charge is 0.497 e. The molecule has 1 heterocycles. The van der Waals surface area contributed by atoms with E-state index in [0.717, 1.165) is 24.2 Å². The third kappa shape index (κ3) is 3.75. The number of hydrogen-bond acceptors (Lipinski definition) is 4. The maximum atomic E-state index is 12.7. The van der Waals surface area contributed by atoms with Crippen molar-refractivity contribution >= 4 is 5.91 Å². The van der Waals surface area contributed by atoms with Gasteiger partial charge in [-0.2, -0.15) is 0 Å². The Morgan fingerprint density at radius 2 is 2.00 bits per heavy atom. The Morgan fingerprint density at radius 1 is 1.32 bits per heavy atom. The van der Waals surface area contributed by atoms with Gasteiger partial charge in [0.05, 0.1) is 13.7 Å². The molecule has 7 nitrogen and oxygen atoms in total. The first kappa shape index (κ1) is 17.3. The minimum absolute atomic E-state index is 0.0231. The molecule has 1 aromatic heterocycles. The second kappa shape index (κ2) is 7.13. The predicted molar refractivity (Wildman–Crippen MR) is 94.6 cm³/mol. The Kier molecular flexibility index (Phi) is 4.92. The Morgan fingerprint density at radius 3 is 2.56 bits per heavy atom. The van der Waals surface area contributed by atoms with E-state index in [1.54, 1.807) is 11.7 Å². The molecule has 0 bridgehead atoms. The normalized spacial score (nSPS) is 13.9. The summed E-state index contributed by atoms with van der Waals surface area (Å²) in [7, 11) is 1.62. The standard InChI is InChI=1S/C18H24N4O3/c1-12(2)17(23)19-10-11-21-18(24)22(14-6-7-14)16(20-21)13-4-8-15(25-3)9-5-13/h4-5,8-9,12,14H,6-7,10-11H2,1-3H3,(H,19,23). The van der Waals surface area contributed by atoms with Crippen LogP contribution in [0.4, 0.5) is 0 Å². The first-order valence-corrected chi connectivity index (χ1v) is 8.62. The molecule has 1 N–H and O–H groups in total. The number of benzene rings is 1. The van der Waals surface area contributed by atoms with Crippen LogP contribution >= 0.6 is 0 Å². The van der Waals surface area contributed by atoms with Crippen LogP contribution in [0.2, 0.25) is 0 Å². The molecule has 25 heavy (non-hydrogen) atoms. The zero-order valence-electron chi connectivity index (χ0n) is 14.9. The van der Waals surface area contributed by atoms with E-state index >= 15 is 0 Å². The average molecular weight is 344 g/mol. The van der Waals surface area contributed by atoms with Crippen molar-refractivity contribution in [3.05, 3.63) is 34.7 Å². The molecule has 1 aliphatic carbocycles. The fraction of sp³-hybridized carbons (Fsp3) is 0.500. The van der Waals surface area contributed by atoms with E-state index in [9.17, 15) is 9.59 Å². The number of ether oxygens (including phenoxy) is 1. The second-order valence-corrected chi connectivity index (χ2v) is 6.60. The summed E-state index contributed by atoms with van der Waals surface area (Å²) in [5.74, 6) is 1.34. The van der Waals surface area contributed by atoms with Crippen molar-refractivity contribution in [2.24, 2.45) is 5.92 Å². The van der Waals surface area contributed by atoms with Crippen LogP contribution in [0.1, 0.15) is 32.7 Å². The maximum absolute atomic E-state index is 12.7. The van der Waals surface area contributed by atoms with Crippen molar-refractivity contribution in [1.29, 1.82) is 0 Å². The molecule has 0 unspecified atom stereocenters. The van der Waals surface area contributed by atoms with Crippen molar-refractivity contribution in [2.45, 2.75) is 39.3 Å². The third-order valence-electron chi connectivity index (χ3n) is 4.28. The Hall–Kier alpha value is -2.57. The van der Waals surface area contributed by atoms with Gasteiger partial charge in [0.15, 0.2) is 5.82 Å². The Balaban J connectivity index is 1.83. The minimum atomic E-state index is -0.118. The fourth-order valence-corrected chi connectivity index (χ4v) is 2.65. The molecule has 7 heteroatoms. The first-order valence-electron chi connectivity index (χ1n) is 8.62. The molecule has 1 aliphatic rings. The lowest BCUT2D eigenvalue weighted by Crippen LogP contribution is -2.34. The fourth-order valence-electron chi connectivity index (χ4n) is 2.65. The van der Waals surface area contributed by atoms with Gasteiger partial charge in [0.1, 0.15) is 5.75 Å². The summed E-state index contributed by atoms with van der Waals surface area (Å²) in [5.41, 5.74) is 0.766. The van der Waals surface area contributed by atoms with Crippen LogP contribution in [-0.4, -0.2) is 33.9 Å². The maximum Gasteiger partial charge on any atom is 0.346 e. The number of carbonyl (C=O) groups is 1. The molecule has 1 fully saturated rings. The molecule has 0 spiro atoms. The monoisotopic (exact) mass is 344 g/mol. The van der Waals surface area contributed by atoms with Crippen molar-refractivity contribution in [2.75, 3.05) is 13.7 Å². The molecule has 134 valence electrons. The number of rotatable bonds is 7. The zero-order chi connectivity index (χ0) is 18.0. The van der Waals surface area contributed by atoms with Crippen LogP contribution in [0.15, 0.2) is 29.1 Å². The summed E-state index contributed by atoms with van der Waals surface area (Å²) in [6.45, 7) is 4.43. The molecular formula is C18H24N4O3. The highest BCUT2D eigenvalue weighted by molar-refractivity contribution is 5.77. The van der Waals surface area contributed by atoms with Crippen molar-refractivity contribution < 1.29 is 9.53 Å². The van der Waals surface area contributed by atoms with Crippen LogP contribution in [0, 0.1) is 5.92 Å². The molecule has 0 aliphatic heterocycles. The van der Waals surface area contributed by atoms with Crippen LogP contribution in [0.3, 0.4) is 0 Å². The molecule has 3 rings (SSSR count). The smallest absolute Gasteiger partial charge is 0.346 e. The molecule has 0 saturated heterocycles. The molecule has 0 atom stereocenters. The lowest BCUT2D eigenvalue weighted by Gasteiger charge is -2.06. The molecule has 0 radical (unpaired) electrons.